The number of halogens is 2. The zero-order valence-electron chi connectivity index (χ0n) is 21.3. The number of hydrogen-bond acceptors (Lipinski definition) is 6. The van der Waals surface area contributed by atoms with E-state index in [1.54, 1.807) is 16.0 Å². The summed E-state index contributed by atoms with van der Waals surface area (Å²) in [6, 6.07) is 6.92. The van der Waals surface area contributed by atoms with E-state index in [9.17, 15) is 18.4 Å². The number of aryl methyl sites for hydroxylation is 1. The molecule has 1 saturated heterocycles. The van der Waals surface area contributed by atoms with Gasteiger partial charge in [-0.25, -0.2) is 13.6 Å². The molecule has 0 radical (unpaired) electrons. The van der Waals surface area contributed by atoms with Crippen LogP contribution in [0.4, 0.5) is 13.6 Å². The summed E-state index contributed by atoms with van der Waals surface area (Å²) in [7, 11) is 1.31. The van der Waals surface area contributed by atoms with Crippen LogP contribution in [0.2, 0.25) is 0 Å². The summed E-state index contributed by atoms with van der Waals surface area (Å²) in [5.41, 5.74) is 4.50. The summed E-state index contributed by atoms with van der Waals surface area (Å²) in [6.07, 6.45) is 2.74. The van der Waals surface area contributed by atoms with Crippen LogP contribution in [-0.2, 0) is 29.0 Å². The standard InChI is InChI=1S/C27H30F2N6O3/c1-16-10-17(6-8-30-16)25-21-15-35(9-7-24(21)32-33-25)27(37)31-19-11-18(26(36)38-2)12-34(13-19)14-20-22(28)4-3-5-23(20)29/h3-6,8,10,18-19H,7,9,11-15H2,1-2H3,(H,31,37)(H,32,33). The van der Waals surface area contributed by atoms with Gasteiger partial charge < -0.3 is 15.0 Å². The fourth-order valence-electron chi connectivity index (χ4n) is 5.33. The molecule has 5 rings (SSSR count). The molecule has 1 aromatic carbocycles. The number of pyridine rings is 1. The number of hydrogen-bond donors (Lipinski definition) is 2. The highest BCUT2D eigenvalue weighted by molar-refractivity contribution is 5.76. The first kappa shape index (κ1) is 25.8. The monoisotopic (exact) mass is 524 g/mol. The van der Waals surface area contributed by atoms with Crippen LogP contribution in [0, 0.1) is 24.5 Å². The number of benzene rings is 1. The normalized spacial score (nSPS) is 19.6. The van der Waals surface area contributed by atoms with Crippen molar-refractivity contribution in [2.45, 2.75) is 38.9 Å². The van der Waals surface area contributed by atoms with Gasteiger partial charge in [0.05, 0.1) is 25.3 Å². The SMILES string of the molecule is COC(=O)C1CC(NC(=O)N2CCc3[nH]nc(-c4ccnc(C)c4)c3C2)CN(Cc2c(F)cccc2F)C1. The van der Waals surface area contributed by atoms with Gasteiger partial charge in [-0.1, -0.05) is 6.07 Å². The number of piperidine rings is 1. The molecular formula is C27H30F2N6O3. The molecule has 2 amide bonds. The lowest BCUT2D eigenvalue weighted by molar-refractivity contribution is -0.147. The van der Waals surface area contributed by atoms with E-state index in [1.807, 2.05) is 19.1 Å². The number of aromatic nitrogens is 3. The predicted octanol–water partition coefficient (Wildman–Crippen LogP) is 3.19. The highest BCUT2D eigenvalue weighted by Gasteiger charge is 2.35. The summed E-state index contributed by atoms with van der Waals surface area (Å²) < 4.78 is 33.6. The molecule has 4 heterocycles. The number of rotatable bonds is 5. The molecular weight excluding hydrogens is 494 g/mol. The number of nitrogens with zero attached hydrogens (tertiary/aromatic N) is 4. The number of ether oxygens (including phenoxy) is 1. The Hall–Kier alpha value is -3.86. The molecule has 2 aliphatic rings. The van der Waals surface area contributed by atoms with Crippen LogP contribution in [0.15, 0.2) is 36.5 Å². The maximum Gasteiger partial charge on any atom is 0.317 e. The number of carbonyl (C=O) groups excluding carboxylic acids is 2. The zero-order chi connectivity index (χ0) is 26.8. The van der Waals surface area contributed by atoms with Crippen molar-refractivity contribution >= 4 is 12.0 Å². The maximum atomic E-state index is 14.3. The van der Waals surface area contributed by atoms with Gasteiger partial charge in [0, 0.05) is 72.9 Å². The van der Waals surface area contributed by atoms with Crippen LogP contribution in [0.1, 0.15) is 28.9 Å². The van der Waals surface area contributed by atoms with E-state index in [2.05, 4.69) is 20.5 Å². The smallest absolute Gasteiger partial charge is 0.317 e. The van der Waals surface area contributed by atoms with E-state index in [0.717, 1.165) is 28.2 Å². The molecule has 2 aromatic heterocycles. The molecule has 0 bridgehead atoms. The molecule has 2 aliphatic heterocycles. The lowest BCUT2D eigenvalue weighted by atomic mass is 9.93. The number of amides is 2. The average molecular weight is 525 g/mol. The Bertz CT molecular complexity index is 1330. The van der Waals surface area contributed by atoms with E-state index in [-0.39, 0.29) is 24.7 Å². The second kappa shape index (κ2) is 10.9. The minimum Gasteiger partial charge on any atom is -0.469 e. The average Bonchev–Trinajstić information content (AvgIpc) is 3.33. The number of carbonyl (C=O) groups is 2. The van der Waals surface area contributed by atoms with Crippen molar-refractivity contribution in [3.63, 3.8) is 0 Å². The van der Waals surface area contributed by atoms with E-state index >= 15 is 0 Å². The van der Waals surface area contributed by atoms with E-state index in [1.165, 1.54) is 25.3 Å². The van der Waals surface area contributed by atoms with Gasteiger partial charge in [-0.3, -0.25) is 19.8 Å². The summed E-state index contributed by atoms with van der Waals surface area (Å²) in [5, 5.41) is 10.6. The molecule has 2 N–H and O–H groups in total. The molecule has 38 heavy (non-hydrogen) atoms. The van der Waals surface area contributed by atoms with Crippen molar-refractivity contribution in [1.82, 2.24) is 30.3 Å². The summed E-state index contributed by atoms with van der Waals surface area (Å²) in [5.74, 6) is -2.23. The topological polar surface area (TPSA) is 103 Å². The number of nitrogens with one attached hydrogen (secondary N) is 2. The Kier molecular flexibility index (Phi) is 7.37. The first-order chi connectivity index (χ1) is 18.3. The summed E-state index contributed by atoms with van der Waals surface area (Å²) in [6.45, 7) is 3.41. The predicted molar refractivity (Wildman–Crippen MR) is 135 cm³/mol. The van der Waals surface area contributed by atoms with Gasteiger partial charge in [-0.2, -0.15) is 5.10 Å². The molecule has 2 atom stereocenters. The van der Waals surface area contributed by atoms with Crippen LogP contribution < -0.4 is 5.32 Å². The van der Waals surface area contributed by atoms with Crippen molar-refractivity contribution in [3.8, 4) is 11.3 Å². The molecule has 200 valence electrons. The van der Waals surface area contributed by atoms with Crippen LogP contribution in [-0.4, -0.2) is 69.8 Å². The van der Waals surface area contributed by atoms with Crippen molar-refractivity contribution in [1.29, 1.82) is 0 Å². The van der Waals surface area contributed by atoms with E-state index < -0.39 is 29.6 Å². The third-order valence-corrected chi connectivity index (χ3v) is 7.22. The number of urea groups is 1. The Morgan fingerprint density at radius 1 is 1.21 bits per heavy atom. The molecule has 0 aliphatic carbocycles. The quantitative estimate of drug-likeness (QED) is 0.497. The number of likely N-dealkylation sites (tertiary alicyclic amines) is 1. The van der Waals surface area contributed by atoms with E-state index in [0.29, 0.717) is 32.5 Å². The first-order valence-electron chi connectivity index (χ1n) is 12.6. The van der Waals surface area contributed by atoms with Gasteiger partial charge in [0.1, 0.15) is 11.6 Å². The molecule has 0 spiro atoms. The fourth-order valence-corrected chi connectivity index (χ4v) is 5.33. The molecule has 9 nitrogen and oxygen atoms in total. The van der Waals surface area contributed by atoms with Crippen molar-refractivity contribution in [2.24, 2.45) is 5.92 Å². The van der Waals surface area contributed by atoms with Crippen LogP contribution in [0.5, 0.6) is 0 Å². The third-order valence-electron chi connectivity index (χ3n) is 7.22. The lowest BCUT2D eigenvalue weighted by Crippen LogP contribution is -2.55. The highest BCUT2D eigenvalue weighted by Crippen LogP contribution is 2.29. The Balaban J connectivity index is 1.30. The van der Waals surface area contributed by atoms with Crippen LogP contribution >= 0.6 is 0 Å². The summed E-state index contributed by atoms with van der Waals surface area (Å²) in [4.78, 5) is 33.5. The molecule has 11 heteroatoms. The van der Waals surface area contributed by atoms with Gasteiger partial charge in [0.25, 0.3) is 0 Å². The fraction of sp³-hybridized carbons (Fsp3) is 0.407. The number of methoxy groups -OCH3 is 1. The van der Waals surface area contributed by atoms with Gasteiger partial charge in [0.2, 0.25) is 0 Å². The van der Waals surface area contributed by atoms with Gasteiger partial charge >= 0.3 is 12.0 Å². The molecule has 3 aromatic rings. The van der Waals surface area contributed by atoms with Crippen LogP contribution in [0.25, 0.3) is 11.3 Å². The number of esters is 1. The second-order valence-electron chi connectivity index (χ2n) is 9.88. The van der Waals surface area contributed by atoms with Crippen molar-refractivity contribution in [3.05, 3.63) is 70.7 Å². The van der Waals surface area contributed by atoms with Crippen molar-refractivity contribution in [2.75, 3.05) is 26.7 Å². The third kappa shape index (κ3) is 5.38. The van der Waals surface area contributed by atoms with Crippen LogP contribution in [0.3, 0.4) is 0 Å². The second-order valence-corrected chi connectivity index (χ2v) is 9.88. The highest BCUT2D eigenvalue weighted by atomic mass is 19.1. The Morgan fingerprint density at radius 3 is 2.74 bits per heavy atom. The largest absolute Gasteiger partial charge is 0.469 e. The van der Waals surface area contributed by atoms with Gasteiger partial charge in [-0.15, -0.1) is 0 Å². The number of fused-ring (bicyclic) bond motifs is 1. The number of aromatic amines is 1. The number of H-pyrrole nitrogens is 1. The summed E-state index contributed by atoms with van der Waals surface area (Å²) >= 11 is 0. The Labute approximate surface area is 219 Å². The maximum absolute atomic E-state index is 14.3. The minimum atomic E-state index is -0.643. The molecule has 0 saturated carbocycles. The molecule has 2 unspecified atom stereocenters. The first-order valence-corrected chi connectivity index (χ1v) is 12.6. The lowest BCUT2D eigenvalue weighted by Gasteiger charge is -2.38. The zero-order valence-corrected chi connectivity index (χ0v) is 21.3. The molecule has 1 fully saturated rings. The van der Waals surface area contributed by atoms with Gasteiger partial charge in [0.15, 0.2) is 0 Å². The Morgan fingerprint density at radius 2 is 2.00 bits per heavy atom. The minimum absolute atomic E-state index is 0.0187. The van der Waals surface area contributed by atoms with E-state index in [4.69, 9.17) is 4.74 Å². The van der Waals surface area contributed by atoms with Crippen molar-refractivity contribution < 1.29 is 23.1 Å². The van der Waals surface area contributed by atoms with Gasteiger partial charge in [-0.05, 0) is 37.6 Å².